The Kier molecular flexibility index (Phi) is 3.48. The average Bonchev–Trinajstić information content (AvgIpc) is 2.75. The summed E-state index contributed by atoms with van der Waals surface area (Å²) < 4.78 is 12.2. The highest BCUT2D eigenvalue weighted by Crippen LogP contribution is 2.38. The molecule has 0 aliphatic carbocycles. The van der Waals surface area contributed by atoms with Crippen molar-refractivity contribution in [2.45, 2.75) is 6.16 Å². The first-order chi connectivity index (χ1) is 8.85. The van der Waals surface area contributed by atoms with Crippen molar-refractivity contribution in [1.29, 1.82) is 0 Å². The predicted molar refractivity (Wildman–Crippen MR) is 66.0 cm³/mol. The van der Waals surface area contributed by atoms with Crippen LogP contribution in [0, 0.1) is 10.1 Å². The van der Waals surface area contributed by atoms with Gasteiger partial charge in [-0.05, 0) is 18.2 Å². The van der Waals surface area contributed by atoms with Crippen molar-refractivity contribution in [3.05, 3.63) is 52.3 Å². The first-order valence-electron chi connectivity index (χ1n) is 5.19. The molecule has 2 aromatic rings. The van der Waals surface area contributed by atoms with Crippen molar-refractivity contribution in [3.8, 4) is 5.69 Å². The highest BCUT2D eigenvalue weighted by atomic mass is 31.2. The fourth-order valence-corrected chi connectivity index (χ4v) is 2.12. The molecule has 0 spiro atoms. The Morgan fingerprint density at radius 3 is 2.42 bits per heavy atom. The predicted octanol–water partition coefficient (Wildman–Crippen LogP) is 1.46. The van der Waals surface area contributed by atoms with E-state index in [1.54, 1.807) is 0 Å². The van der Waals surface area contributed by atoms with Gasteiger partial charge in [0.1, 0.15) is 0 Å². The molecule has 0 aliphatic rings. The normalized spacial score (nSPS) is 11.5. The minimum atomic E-state index is -4.15. The van der Waals surface area contributed by atoms with Crippen LogP contribution in [0.5, 0.6) is 0 Å². The average molecular weight is 283 g/mol. The molecule has 8 nitrogen and oxygen atoms in total. The number of rotatable bonds is 4. The molecule has 1 aromatic heterocycles. The molecule has 0 aliphatic heterocycles. The topological polar surface area (TPSA) is 118 Å². The molecule has 0 saturated heterocycles. The summed E-state index contributed by atoms with van der Waals surface area (Å²) in [4.78, 5) is 27.7. The van der Waals surface area contributed by atoms with Gasteiger partial charge in [-0.15, -0.1) is 0 Å². The van der Waals surface area contributed by atoms with E-state index in [9.17, 15) is 14.7 Å². The van der Waals surface area contributed by atoms with E-state index in [1.807, 2.05) is 0 Å². The second-order valence-corrected chi connectivity index (χ2v) is 5.49. The fraction of sp³-hybridized carbons (Fsp3) is 0.100. The number of nitro benzene ring substituents is 1. The molecule has 1 heterocycles. The molecule has 2 rings (SSSR count). The summed E-state index contributed by atoms with van der Waals surface area (Å²) in [6.45, 7) is 0. The molecule has 0 bridgehead atoms. The van der Waals surface area contributed by atoms with Crippen LogP contribution in [-0.2, 0) is 10.7 Å². The van der Waals surface area contributed by atoms with Crippen LogP contribution in [0.1, 0.15) is 5.69 Å². The molecule has 0 amide bonds. The zero-order valence-electron chi connectivity index (χ0n) is 9.58. The molecule has 0 radical (unpaired) electrons. The van der Waals surface area contributed by atoms with E-state index in [-0.39, 0.29) is 11.4 Å². The Morgan fingerprint density at radius 2 is 1.89 bits per heavy atom. The Morgan fingerprint density at radius 1 is 1.26 bits per heavy atom. The first-order valence-corrected chi connectivity index (χ1v) is 6.99. The smallest absolute Gasteiger partial charge is 0.324 e. The lowest BCUT2D eigenvalue weighted by Gasteiger charge is -2.01. The quantitative estimate of drug-likeness (QED) is 0.498. The van der Waals surface area contributed by atoms with Crippen molar-refractivity contribution in [3.63, 3.8) is 0 Å². The lowest BCUT2D eigenvalue weighted by molar-refractivity contribution is -0.384. The minimum Gasteiger partial charge on any atom is -0.324 e. The number of hydrogen-bond acceptors (Lipinski definition) is 4. The third-order valence-corrected chi connectivity index (χ3v) is 3.07. The van der Waals surface area contributed by atoms with Crippen molar-refractivity contribution >= 4 is 13.3 Å². The lowest BCUT2D eigenvalue weighted by Crippen LogP contribution is -1.97. The van der Waals surface area contributed by atoms with E-state index in [0.29, 0.717) is 5.69 Å². The molecule has 0 atom stereocenters. The van der Waals surface area contributed by atoms with Crippen LogP contribution in [0.15, 0.2) is 36.5 Å². The maximum atomic E-state index is 10.8. The number of nitrogens with zero attached hydrogens (tertiary/aromatic N) is 3. The third-order valence-electron chi connectivity index (χ3n) is 2.34. The summed E-state index contributed by atoms with van der Waals surface area (Å²) >= 11 is 0. The summed E-state index contributed by atoms with van der Waals surface area (Å²) in [6, 6.07) is 7.17. The Labute approximate surface area is 107 Å². The molecule has 9 heteroatoms. The van der Waals surface area contributed by atoms with Gasteiger partial charge in [0, 0.05) is 18.3 Å². The molecule has 1 aromatic carbocycles. The van der Waals surface area contributed by atoms with Crippen molar-refractivity contribution < 1.29 is 19.3 Å². The van der Waals surface area contributed by atoms with Crippen LogP contribution in [0.2, 0.25) is 0 Å². The zero-order valence-corrected chi connectivity index (χ0v) is 10.5. The maximum Gasteiger partial charge on any atom is 0.331 e. The molecule has 2 N–H and O–H groups in total. The van der Waals surface area contributed by atoms with Crippen molar-refractivity contribution in [2.24, 2.45) is 0 Å². The van der Waals surface area contributed by atoms with Crippen LogP contribution >= 0.6 is 7.60 Å². The van der Waals surface area contributed by atoms with E-state index >= 15 is 0 Å². The number of nitro groups is 1. The second kappa shape index (κ2) is 4.93. The van der Waals surface area contributed by atoms with Crippen LogP contribution in [0.25, 0.3) is 5.69 Å². The van der Waals surface area contributed by atoms with Gasteiger partial charge in [0.05, 0.1) is 22.5 Å². The highest BCUT2D eigenvalue weighted by Gasteiger charge is 2.16. The molecule has 19 heavy (non-hydrogen) atoms. The van der Waals surface area contributed by atoms with Crippen molar-refractivity contribution in [1.82, 2.24) is 9.78 Å². The van der Waals surface area contributed by atoms with Gasteiger partial charge in [-0.2, -0.15) is 5.10 Å². The van der Waals surface area contributed by atoms with E-state index in [2.05, 4.69) is 5.10 Å². The number of benzene rings is 1. The Balaban J connectivity index is 2.23. The standard InChI is InChI=1S/C10H10N3O5P/c14-13(15)10-3-1-9(2-4-10)12-6-5-8(11-12)7-19(16,17)18/h1-6H,7H2,(H2,16,17,18). The van der Waals surface area contributed by atoms with Gasteiger partial charge >= 0.3 is 7.60 Å². The fourth-order valence-electron chi connectivity index (χ4n) is 1.53. The number of non-ortho nitro benzene ring substituents is 1. The lowest BCUT2D eigenvalue weighted by atomic mass is 10.3. The van der Waals surface area contributed by atoms with E-state index in [0.717, 1.165) is 0 Å². The van der Waals surface area contributed by atoms with Gasteiger partial charge in [0.25, 0.3) is 5.69 Å². The summed E-state index contributed by atoms with van der Waals surface area (Å²) in [5.41, 5.74) is 0.792. The SMILES string of the molecule is O=[N+]([O-])c1ccc(-n2ccc(CP(=O)(O)O)n2)cc1. The summed E-state index contributed by atoms with van der Waals surface area (Å²) in [6.07, 6.45) is 1.10. The Hall–Kier alpha value is -2.02. The van der Waals surface area contributed by atoms with Crippen LogP contribution in [0.3, 0.4) is 0 Å². The van der Waals surface area contributed by atoms with Crippen molar-refractivity contribution in [2.75, 3.05) is 0 Å². The molecule has 100 valence electrons. The zero-order chi connectivity index (χ0) is 14.0. The third kappa shape index (κ3) is 3.47. The maximum absolute atomic E-state index is 10.8. The highest BCUT2D eigenvalue weighted by molar-refractivity contribution is 7.50. The van der Waals surface area contributed by atoms with Gasteiger partial charge < -0.3 is 9.79 Å². The Bertz CT molecular complexity index is 645. The molecular weight excluding hydrogens is 273 g/mol. The molecule has 0 saturated carbocycles. The summed E-state index contributed by atoms with van der Waals surface area (Å²) in [7, 11) is -4.15. The number of hydrogen-bond donors (Lipinski definition) is 2. The van der Waals surface area contributed by atoms with Gasteiger partial charge in [0.15, 0.2) is 0 Å². The van der Waals surface area contributed by atoms with E-state index < -0.39 is 18.7 Å². The van der Waals surface area contributed by atoms with Gasteiger partial charge in [-0.3, -0.25) is 14.7 Å². The molecule has 0 unspecified atom stereocenters. The molecule has 0 fully saturated rings. The van der Waals surface area contributed by atoms with E-state index in [4.69, 9.17) is 9.79 Å². The first kappa shape index (κ1) is 13.4. The second-order valence-electron chi connectivity index (χ2n) is 3.85. The van der Waals surface area contributed by atoms with Crippen LogP contribution in [-0.4, -0.2) is 24.5 Å². The summed E-state index contributed by atoms with van der Waals surface area (Å²) in [5, 5.41) is 14.5. The largest absolute Gasteiger partial charge is 0.331 e. The van der Waals surface area contributed by atoms with Crippen LogP contribution in [0.4, 0.5) is 5.69 Å². The van der Waals surface area contributed by atoms with Gasteiger partial charge in [0.2, 0.25) is 0 Å². The summed E-state index contributed by atoms with van der Waals surface area (Å²) in [5.74, 6) is 0. The number of aromatic nitrogens is 2. The van der Waals surface area contributed by atoms with Gasteiger partial charge in [-0.1, -0.05) is 0 Å². The van der Waals surface area contributed by atoms with Crippen LogP contribution < -0.4 is 0 Å². The van der Waals surface area contributed by atoms with Gasteiger partial charge in [-0.25, -0.2) is 4.68 Å². The van der Waals surface area contributed by atoms with E-state index in [1.165, 1.54) is 41.2 Å². The minimum absolute atomic E-state index is 0.0358. The monoisotopic (exact) mass is 283 g/mol. The molecular formula is C10H10N3O5P.